The van der Waals surface area contributed by atoms with E-state index in [1.165, 1.54) is 22.3 Å². The van der Waals surface area contributed by atoms with Crippen LogP contribution in [0.5, 0.6) is 0 Å². The van der Waals surface area contributed by atoms with Crippen LogP contribution >= 0.6 is 0 Å². The Hall–Kier alpha value is -3.81. The van der Waals surface area contributed by atoms with Crippen molar-refractivity contribution in [3.63, 3.8) is 0 Å². The molecule has 3 aromatic carbocycles. The van der Waals surface area contributed by atoms with E-state index in [2.05, 4.69) is 40.6 Å². The van der Waals surface area contributed by atoms with Gasteiger partial charge in [0.05, 0.1) is 11.2 Å². The molecule has 6 nitrogen and oxygen atoms in total. The fourth-order valence-electron chi connectivity index (χ4n) is 5.40. The number of aromatic amines is 1. The van der Waals surface area contributed by atoms with Gasteiger partial charge in [-0.2, -0.15) is 0 Å². The second-order valence-electron chi connectivity index (χ2n) is 11.3. The first kappa shape index (κ1) is 25.5. The average Bonchev–Trinajstić information content (AvgIpc) is 3.57. The molecule has 6 rings (SSSR count). The van der Waals surface area contributed by atoms with Crippen LogP contribution in [0.3, 0.4) is 0 Å². The summed E-state index contributed by atoms with van der Waals surface area (Å²) in [6.45, 7) is 8.59. The molecule has 2 aliphatic rings. The largest absolute Gasteiger partial charge is 0.492 e. The van der Waals surface area contributed by atoms with E-state index < -0.39 is 24.4 Å². The third-order valence-corrected chi connectivity index (χ3v) is 8.27. The van der Waals surface area contributed by atoms with Crippen LogP contribution < -0.4 is 5.32 Å². The van der Waals surface area contributed by atoms with Gasteiger partial charge < -0.3 is 24.3 Å². The van der Waals surface area contributed by atoms with Crippen molar-refractivity contribution in [2.24, 2.45) is 0 Å². The molecule has 1 saturated heterocycles. The fraction of sp³-hybridized carbons (Fsp3) is 0.281. The van der Waals surface area contributed by atoms with Crippen LogP contribution in [0.15, 0.2) is 84.5 Å². The van der Waals surface area contributed by atoms with Crippen molar-refractivity contribution in [3.05, 3.63) is 101 Å². The van der Waals surface area contributed by atoms with Gasteiger partial charge in [0.25, 0.3) is 0 Å². The van der Waals surface area contributed by atoms with Gasteiger partial charge in [0.2, 0.25) is 0 Å². The van der Waals surface area contributed by atoms with E-state index in [1.807, 2.05) is 82.4 Å². The van der Waals surface area contributed by atoms with Crippen molar-refractivity contribution >= 4 is 30.2 Å². The molecule has 0 saturated carbocycles. The van der Waals surface area contributed by atoms with Gasteiger partial charge in [-0.25, -0.2) is 4.79 Å². The van der Waals surface area contributed by atoms with Crippen molar-refractivity contribution < 1.29 is 18.8 Å². The molecule has 2 N–H and O–H groups in total. The van der Waals surface area contributed by atoms with Gasteiger partial charge in [-0.3, -0.25) is 0 Å². The van der Waals surface area contributed by atoms with Crippen LogP contribution in [0, 0.1) is 0 Å². The minimum absolute atomic E-state index is 0.00865. The first-order valence-corrected chi connectivity index (χ1v) is 13.4. The lowest BCUT2D eigenvalue weighted by atomic mass is 9.77. The van der Waals surface area contributed by atoms with Gasteiger partial charge in [-0.15, -0.1) is 0 Å². The summed E-state index contributed by atoms with van der Waals surface area (Å²) < 4.78 is 18.4. The number of benzene rings is 3. The molecule has 1 aliphatic carbocycles. The monoisotopic (exact) mass is 520 g/mol. The van der Waals surface area contributed by atoms with Crippen molar-refractivity contribution in [2.45, 2.75) is 44.8 Å². The first-order valence-electron chi connectivity index (χ1n) is 13.4. The number of rotatable bonds is 6. The number of fused-ring (bicyclic) bond motifs is 4. The summed E-state index contributed by atoms with van der Waals surface area (Å²) in [6, 6.07) is 24.9. The predicted octanol–water partition coefficient (Wildman–Crippen LogP) is 6.72. The SMILES string of the molecule is CC1(C)OB(C(=Cc2ccc3[nH]ccc3c2)CNC(=O)OCC2c3ccccc3-c3ccccc32)OC1(C)C. The van der Waals surface area contributed by atoms with E-state index in [-0.39, 0.29) is 19.1 Å². The highest BCUT2D eigenvalue weighted by atomic mass is 16.7. The van der Waals surface area contributed by atoms with Crippen molar-refractivity contribution in [1.29, 1.82) is 0 Å². The fourth-order valence-corrected chi connectivity index (χ4v) is 5.40. The summed E-state index contributed by atoms with van der Waals surface area (Å²) in [6.07, 6.45) is 3.48. The number of hydrogen-bond donors (Lipinski definition) is 2. The third-order valence-electron chi connectivity index (χ3n) is 8.27. The molecule has 39 heavy (non-hydrogen) atoms. The highest BCUT2D eigenvalue weighted by Crippen LogP contribution is 2.44. The van der Waals surface area contributed by atoms with Crippen LogP contribution in [0.4, 0.5) is 4.79 Å². The van der Waals surface area contributed by atoms with Gasteiger partial charge in [0.1, 0.15) is 6.61 Å². The van der Waals surface area contributed by atoms with Crippen LogP contribution in [0.25, 0.3) is 28.1 Å². The lowest BCUT2D eigenvalue weighted by molar-refractivity contribution is 0.00578. The molecule has 1 aliphatic heterocycles. The number of H-pyrrole nitrogens is 1. The molecule has 198 valence electrons. The summed E-state index contributed by atoms with van der Waals surface area (Å²) in [4.78, 5) is 16.2. The molecule has 0 radical (unpaired) electrons. The molecule has 0 spiro atoms. The van der Waals surface area contributed by atoms with Gasteiger partial charge in [0.15, 0.2) is 0 Å². The van der Waals surface area contributed by atoms with E-state index in [0.29, 0.717) is 0 Å². The zero-order valence-corrected chi connectivity index (χ0v) is 22.8. The standard InChI is InChI=1S/C32H33BN2O4/c1-31(2)32(3,4)39-33(38-31)23(18-21-13-14-29-22(17-21)15-16-34-29)19-35-30(36)37-20-28-26-11-7-5-9-24(26)25-10-6-8-12-27(25)28/h5-18,28,34H,19-20H2,1-4H3,(H,35,36). The maximum atomic E-state index is 12.9. The smallest absolute Gasteiger partial charge is 0.449 e. The number of aromatic nitrogens is 1. The van der Waals surface area contributed by atoms with Crippen molar-refractivity contribution in [3.8, 4) is 11.1 Å². The highest BCUT2D eigenvalue weighted by molar-refractivity contribution is 6.56. The van der Waals surface area contributed by atoms with Gasteiger partial charge in [-0.1, -0.05) is 60.7 Å². The molecule has 0 atom stereocenters. The van der Waals surface area contributed by atoms with Crippen LogP contribution in [0.1, 0.15) is 50.3 Å². The summed E-state index contributed by atoms with van der Waals surface area (Å²) in [7, 11) is -0.592. The lowest BCUT2D eigenvalue weighted by Gasteiger charge is -2.32. The maximum Gasteiger partial charge on any atom is 0.492 e. The normalized spacial score (nSPS) is 17.7. The van der Waals surface area contributed by atoms with E-state index in [1.54, 1.807) is 0 Å². The Balaban J connectivity index is 1.18. The van der Waals surface area contributed by atoms with E-state index >= 15 is 0 Å². The van der Waals surface area contributed by atoms with Gasteiger partial charge >= 0.3 is 13.2 Å². The number of carbonyl (C=O) groups is 1. The third kappa shape index (κ3) is 4.77. The van der Waals surface area contributed by atoms with E-state index in [4.69, 9.17) is 14.0 Å². The Kier molecular flexibility index (Phi) is 6.36. The Bertz CT molecular complexity index is 1510. The second kappa shape index (κ2) is 9.74. The molecule has 1 fully saturated rings. The minimum Gasteiger partial charge on any atom is -0.449 e. The van der Waals surface area contributed by atoms with Gasteiger partial charge in [0, 0.05) is 24.2 Å². The topological polar surface area (TPSA) is 72.6 Å². The zero-order valence-electron chi connectivity index (χ0n) is 22.8. The van der Waals surface area contributed by atoms with E-state index in [0.717, 1.165) is 21.9 Å². The number of carbonyl (C=O) groups excluding carboxylic acids is 1. The molecule has 7 heteroatoms. The predicted molar refractivity (Wildman–Crippen MR) is 155 cm³/mol. The number of ether oxygens (including phenoxy) is 1. The van der Waals surface area contributed by atoms with Crippen molar-refractivity contribution in [1.82, 2.24) is 10.3 Å². The Morgan fingerprint density at radius 3 is 2.26 bits per heavy atom. The first-order chi connectivity index (χ1) is 18.7. The molecule has 0 bridgehead atoms. The Labute approximate surface area is 229 Å². The molecular weight excluding hydrogens is 487 g/mol. The van der Waals surface area contributed by atoms with Gasteiger partial charge in [-0.05, 0) is 84.6 Å². The zero-order chi connectivity index (χ0) is 27.2. The molecule has 1 aromatic heterocycles. The summed E-state index contributed by atoms with van der Waals surface area (Å²) in [5.41, 5.74) is 6.67. The quantitative estimate of drug-likeness (QED) is 0.277. The maximum absolute atomic E-state index is 12.9. The number of nitrogens with one attached hydrogen (secondary N) is 2. The molecule has 4 aromatic rings. The average molecular weight is 520 g/mol. The Morgan fingerprint density at radius 1 is 0.949 bits per heavy atom. The highest BCUT2D eigenvalue weighted by Gasteiger charge is 2.52. The molecule has 2 heterocycles. The summed E-state index contributed by atoms with van der Waals surface area (Å²) in [5, 5.41) is 4.06. The van der Waals surface area contributed by atoms with E-state index in [9.17, 15) is 4.79 Å². The van der Waals surface area contributed by atoms with Crippen LogP contribution in [-0.2, 0) is 14.0 Å². The van der Waals surface area contributed by atoms with Crippen LogP contribution in [-0.4, -0.2) is 42.5 Å². The van der Waals surface area contributed by atoms with Crippen molar-refractivity contribution in [2.75, 3.05) is 13.2 Å². The number of hydrogen-bond acceptors (Lipinski definition) is 4. The number of alkyl carbamates (subject to hydrolysis) is 1. The number of amides is 1. The summed E-state index contributed by atoms with van der Waals surface area (Å²) >= 11 is 0. The Morgan fingerprint density at radius 2 is 1.59 bits per heavy atom. The molecule has 1 amide bonds. The minimum atomic E-state index is -0.592. The second-order valence-corrected chi connectivity index (χ2v) is 11.3. The summed E-state index contributed by atoms with van der Waals surface area (Å²) in [5.74, 6) is 0.00865. The molecular formula is C32H33BN2O4. The lowest BCUT2D eigenvalue weighted by Crippen LogP contribution is -2.41. The molecule has 0 unspecified atom stereocenters. The van der Waals surface area contributed by atoms with Crippen LogP contribution in [0.2, 0.25) is 0 Å².